The van der Waals surface area contributed by atoms with Crippen LogP contribution in [0.1, 0.15) is 38.5 Å². The molecule has 1 aliphatic carbocycles. The lowest BCUT2D eigenvalue weighted by Crippen LogP contribution is -2.31. The number of nitrogens with zero attached hydrogens (tertiary/aromatic N) is 2. The van der Waals surface area contributed by atoms with Gasteiger partial charge in [-0.1, -0.05) is 6.42 Å². The Bertz CT molecular complexity index is 535. The van der Waals surface area contributed by atoms with Gasteiger partial charge in [-0.05, 0) is 60.5 Å². The van der Waals surface area contributed by atoms with Gasteiger partial charge in [0, 0.05) is 19.1 Å². The lowest BCUT2D eigenvalue weighted by molar-refractivity contribution is 0.262. The summed E-state index contributed by atoms with van der Waals surface area (Å²) >= 11 is 3.44. The van der Waals surface area contributed by atoms with Crippen molar-refractivity contribution in [3.05, 3.63) is 21.0 Å². The van der Waals surface area contributed by atoms with E-state index in [1.54, 1.807) is 10.9 Å². The van der Waals surface area contributed by atoms with E-state index in [2.05, 4.69) is 31.7 Å². The van der Waals surface area contributed by atoms with Gasteiger partial charge in [0.25, 0.3) is 5.56 Å². The summed E-state index contributed by atoms with van der Waals surface area (Å²) in [5, 5.41) is 11.0. The van der Waals surface area contributed by atoms with Gasteiger partial charge in [0.1, 0.15) is 5.69 Å². The van der Waals surface area contributed by atoms with Crippen LogP contribution in [0.3, 0.4) is 0 Å². The van der Waals surface area contributed by atoms with Gasteiger partial charge in [0.15, 0.2) is 0 Å². The van der Waals surface area contributed by atoms with Gasteiger partial charge < -0.3 is 10.6 Å². The van der Waals surface area contributed by atoms with Crippen molar-refractivity contribution >= 4 is 21.6 Å². The number of nitrogens with one attached hydrogen (secondary N) is 2. The summed E-state index contributed by atoms with van der Waals surface area (Å²) in [6.07, 6.45) is 9.02. The Hall–Kier alpha value is -0.880. The maximum atomic E-state index is 12.5. The highest BCUT2D eigenvalue weighted by molar-refractivity contribution is 9.10. The van der Waals surface area contributed by atoms with Crippen LogP contribution in [0.2, 0.25) is 0 Å². The van der Waals surface area contributed by atoms with Gasteiger partial charge in [-0.2, -0.15) is 5.10 Å². The first kappa shape index (κ1) is 15.0. The summed E-state index contributed by atoms with van der Waals surface area (Å²) < 4.78 is 2.38. The van der Waals surface area contributed by atoms with Crippen LogP contribution in [0.25, 0.3) is 0 Å². The van der Waals surface area contributed by atoms with E-state index in [1.165, 1.54) is 32.1 Å². The molecule has 2 aliphatic rings. The third-order valence-electron chi connectivity index (χ3n) is 4.61. The van der Waals surface area contributed by atoms with Crippen molar-refractivity contribution in [1.29, 1.82) is 0 Å². The van der Waals surface area contributed by atoms with Gasteiger partial charge in [-0.3, -0.25) is 4.79 Å². The minimum absolute atomic E-state index is 0.00402. The lowest BCUT2D eigenvalue weighted by atomic mass is 9.85. The molecule has 1 saturated carbocycles. The fourth-order valence-corrected chi connectivity index (χ4v) is 3.45. The summed E-state index contributed by atoms with van der Waals surface area (Å²) in [6.45, 7) is 2.70. The maximum absolute atomic E-state index is 12.5. The zero-order chi connectivity index (χ0) is 14.7. The Labute approximate surface area is 133 Å². The smallest absolute Gasteiger partial charge is 0.291 e. The Morgan fingerprint density at radius 2 is 2.24 bits per heavy atom. The van der Waals surface area contributed by atoms with Crippen molar-refractivity contribution in [3.8, 4) is 0 Å². The molecule has 21 heavy (non-hydrogen) atoms. The van der Waals surface area contributed by atoms with Crippen molar-refractivity contribution in [2.24, 2.45) is 5.92 Å². The van der Waals surface area contributed by atoms with E-state index < -0.39 is 0 Å². The topological polar surface area (TPSA) is 59.0 Å². The van der Waals surface area contributed by atoms with Crippen LogP contribution in [0.5, 0.6) is 0 Å². The number of hydrogen-bond acceptors (Lipinski definition) is 4. The molecule has 1 atom stereocenters. The number of halogens is 1. The fraction of sp³-hybridized carbons (Fsp3) is 0.733. The van der Waals surface area contributed by atoms with E-state index in [0.717, 1.165) is 30.5 Å². The molecule has 116 valence electrons. The van der Waals surface area contributed by atoms with E-state index >= 15 is 0 Å². The second-order valence-electron chi connectivity index (χ2n) is 6.16. The van der Waals surface area contributed by atoms with Gasteiger partial charge in [-0.25, -0.2) is 4.68 Å². The minimum Gasteiger partial charge on any atom is -0.380 e. The van der Waals surface area contributed by atoms with Crippen molar-refractivity contribution < 1.29 is 0 Å². The summed E-state index contributed by atoms with van der Waals surface area (Å²) in [4.78, 5) is 12.5. The van der Waals surface area contributed by atoms with E-state index in [0.29, 0.717) is 17.6 Å². The van der Waals surface area contributed by atoms with Crippen molar-refractivity contribution in [1.82, 2.24) is 15.1 Å². The second-order valence-corrected chi connectivity index (χ2v) is 7.01. The predicted molar refractivity (Wildman–Crippen MR) is 87.7 cm³/mol. The zero-order valence-corrected chi connectivity index (χ0v) is 13.9. The van der Waals surface area contributed by atoms with Crippen LogP contribution in [-0.4, -0.2) is 28.9 Å². The van der Waals surface area contributed by atoms with Crippen molar-refractivity contribution in [2.75, 3.05) is 18.4 Å². The fourth-order valence-electron chi connectivity index (χ4n) is 3.05. The first-order valence-corrected chi connectivity index (χ1v) is 8.76. The van der Waals surface area contributed by atoms with Gasteiger partial charge in [-0.15, -0.1) is 0 Å². The lowest BCUT2D eigenvalue weighted by Gasteiger charge is -2.25. The zero-order valence-electron chi connectivity index (χ0n) is 12.3. The van der Waals surface area contributed by atoms with E-state index in [1.807, 2.05) is 0 Å². The number of anilines is 1. The van der Waals surface area contributed by atoms with Gasteiger partial charge >= 0.3 is 0 Å². The number of aromatic nitrogens is 2. The molecule has 0 unspecified atom stereocenters. The van der Waals surface area contributed by atoms with E-state index in [9.17, 15) is 4.79 Å². The molecule has 0 spiro atoms. The number of rotatable bonds is 6. The van der Waals surface area contributed by atoms with Crippen LogP contribution in [0, 0.1) is 5.92 Å². The third kappa shape index (κ3) is 3.66. The molecule has 3 rings (SSSR count). The molecular formula is C15H23BrN4O. The number of hydrogen-bond donors (Lipinski definition) is 2. The average Bonchev–Trinajstić information content (AvgIpc) is 2.93. The Kier molecular flexibility index (Phi) is 4.95. The van der Waals surface area contributed by atoms with Crippen LogP contribution in [-0.2, 0) is 6.54 Å². The predicted octanol–water partition coefficient (Wildman–Crippen LogP) is 2.36. The molecule has 2 heterocycles. The van der Waals surface area contributed by atoms with E-state index in [-0.39, 0.29) is 5.56 Å². The van der Waals surface area contributed by atoms with Gasteiger partial charge in [0.2, 0.25) is 0 Å². The summed E-state index contributed by atoms with van der Waals surface area (Å²) in [6, 6.07) is 0.593. The normalized spacial score (nSPS) is 22.2. The highest BCUT2D eigenvalue weighted by Gasteiger charge is 2.20. The molecule has 1 aromatic rings. The molecule has 0 radical (unpaired) electrons. The highest BCUT2D eigenvalue weighted by atomic mass is 79.9. The molecule has 2 fully saturated rings. The van der Waals surface area contributed by atoms with Crippen molar-refractivity contribution in [2.45, 2.75) is 51.1 Å². The molecule has 6 heteroatoms. The molecule has 0 bridgehead atoms. The Morgan fingerprint density at radius 1 is 1.38 bits per heavy atom. The van der Waals surface area contributed by atoms with Crippen LogP contribution in [0.4, 0.5) is 5.69 Å². The molecule has 0 amide bonds. The van der Waals surface area contributed by atoms with Crippen LogP contribution < -0.4 is 16.2 Å². The summed E-state index contributed by atoms with van der Waals surface area (Å²) in [5.41, 5.74) is 0.651. The monoisotopic (exact) mass is 354 g/mol. The van der Waals surface area contributed by atoms with E-state index in [4.69, 9.17) is 0 Å². The van der Waals surface area contributed by atoms with Crippen LogP contribution in [0.15, 0.2) is 15.5 Å². The standard InChI is InChI=1S/C15H23BrN4O/c16-13-9-19-20(10-11-3-1-4-11)15(21)14(13)18-8-6-12-5-2-7-17-12/h9,11-12,17-18H,1-8,10H2/t12-/m1/s1. The molecule has 0 aromatic carbocycles. The molecule has 5 nitrogen and oxygen atoms in total. The summed E-state index contributed by atoms with van der Waals surface area (Å²) in [5.74, 6) is 0.631. The molecular weight excluding hydrogens is 332 g/mol. The van der Waals surface area contributed by atoms with Crippen molar-refractivity contribution in [3.63, 3.8) is 0 Å². The highest BCUT2D eigenvalue weighted by Crippen LogP contribution is 2.27. The summed E-state index contributed by atoms with van der Waals surface area (Å²) in [7, 11) is 0. The quantitative estimate of drug-likeness (QED) is 0.823. The molecule has 1 aliphatic heterocycles. The molecule has 1 aromatic heterocycles. The largest absolute Gasteiger partial charge is 0.380 e. The second kappa shape index (κ2) is 6.92. The Balaban J connectivity index is 1.62. The third-order valence-corrected chi connectivity index (χ3v) is 5.21. The minimum atomic E-state index is -0.00402. The first-order valence-electron chi connectivity index (χ1n) is 7.97. The molecule has 1 saturated heterocycles. The molecule has 2 N–H and O–H groups in total. The average molecular weight is 355 g/mol. The first-order chi connectivity index (χ1) is 10.2. The Morgan fingerprint density at radius 3 is 2.90 bits per heavy atom. The van der Waals surface area contributed by atoms with Gasteiger partial charge in [0.05, 0.1) is 10.7 Å². The SMILES string of the molecule is O=c1c(NCC[C@H]2CCCN2)c(Br)cnn1CC1CCC1. The van der Waals surface area contributed by atoms with Crippen LogP contribution >= 0.6 is 15.9 Å². The maximum Gasteiger partial charge on any atom is 0.291 e.